The van der Waals surface area contributed by atoms with Gasteiger partial charge in [-0.05, 0) is 31.5 Å². The van der Waals surface area contributed by atoms with Gasteiger partial charge in [0.1, 0.15) is 0 Å². The quantitative estimate of drug-likeness (QED) is 0.532. The number of fused-ring (bicyclic) bond motifs is 3. The maximum absolute atomic E-state index is 12.5. The molecule has 2 N–H and O–H groups in total. The Morgan fingerprint density at radius 1 is 1.23 bits per heavy atom. The van der Waals surface area contributed by atoms with Gasteiger partial charge in [-0.1, -0.05) is 53.7 Å². The van der Waals surface area contributed by atoms with Gasteiger partial charge in [0.25, 0.3) is 0 Å². The lowest BCUT2D eigenvalue weighted by Gasteiger charge is -2.11. The van der Waals surface area contributed by atoms with E-state index >= 15 is 0 Å². The largest absolute Gasteiger partial charge is 0.351 e. The van der Waals surface area contributed by atoms with Crippen LogP contribution in [0.25, 0.3) is 16.8 Å². The van der Waals surface area contributed by atoms with Crippen LogP contribution in [0.1, 0.15) is 18.1 Å². The molecule has 0 aliphatic rings. The summed E-state index contributed by atoms with van der Waals surface area (Å²) in [6.45, 7) is 4.45. The van der Waals surface area contributed by atoms with E-state index in [4.69, 9.17) is 0 Å². The van der Waals surface area contributed by atoms with Gasteiger partial charge in [-0.25, -0.2) is 10.1 Å². The number of hydrogen-bond donors (Lipinski definition) is 2. The van der Waals surface area contributed by atoms with Gasteiger partial charge in [0.2, 0.25) is 11.7 Å². The third kappa shape index (κ3) is 3.17. The summed E-state index contributed by atoms with van der Waals surface area (Å²) in [6, 6.07) is 16.0. The van der Waals surface area contributed by atoms with E-state index in [1.165, 1.54) is 17.3 Å². The maximum Gasteiger partial charge on any atom is 0.233 e. The van der Waals surface area contributed by atoms with Gasteiger partial charge in [0.15, 0.2) is 5.16 Å². The summed E-state index contributed by atoms with van der Waals surface area (Å²) in [5, 5.41) is 10.7. The monoisotopic (exact) mass is 365 g/mol. The number of benzene rings is 2. The first-order valence-electron chi connectivity index (χ1n) is 8.43. The van der Waals surface area contributed by atoms with Crippen molar-refractivity contribution in [2.75, 3.05) is 0 Å². The van der Waals surface area contributed by atoms with E-state index in [0.29, 0.717) is 12.3 Å². The Labute approximate surface area is 155 Å². The Hall–Kier alpha value is -2.80. The molecular formula is C19H19N5OS. The highest BCUT2D eigenvalue weighted by atomic mass is 32.2. The lowest BCUT2D eigenvalue weighted by molar-refractivity contribution is -0.120. The van der Waals surface area contributed by atoms with Crippen LogP contribution in [-0.4, -0.2) is 30.7 Å². The summed E-state index contributed by atoms with van der Waals surface area (Å²) in [7, 11) is 0. The van der Waals surface area contributed by atoms with Crippen molar-refractivity contribution in [3.8, 4) is 0 Å². The van der Waals surface area contributed by atoms with Crippen molar-refractivity contribution in [2.45, 2.75) is 30.8 Å². The van der Waals surface area contributed by atoms with E-state index in [2.05, 4.69) is 20.5 Å². The summed E-state index contributed by atoms with van der Waals surface area (Å²) < 4.78 is 1.95. The number of carbonyl (C=O) groups is 1. The number of imidazole rings is 1. The van der Waals surface area contributed by atoms with Crippen LogP contribution >= 0.6 is 11.8 Å². The van der Waals surface area contributed by atoms with E-state index in [0.717, 1.165) is 21.8 Å². The highest BCUT2D eigenvalue weighted by Gasteiger charge is 2.19. The van der Waals surface area contributed by atoms with Gasteiger partial charge in [0, 0.05) is 6.54 Å². The molecule has 0 fully saturated rings. The van der Waals surface area contributed by atoms with Crippen LogP contribution in [0, 0.1) is 6.92 Å². The van der Waals surface area contributed by atoms with Crippen LogP contribution in [0.2, 0.25) is 0 Å². The molecule has 0 aliphatic carbocycles. The Kier molecular flexibility index (Phi) is 4.38. The molecule has 7 heteroatoms. The minimum atomic E-state index is -0.270. The predicted molar refractivity (Wildman–Crippen MR) is 103 cm³/mol. The number of aryl methyl sites for hydroxylation is 1. The zero-order valence-electron chi connectivity index (χ0n) is 14.6. The zero-order chi connectivity index (χ0) is 18.1. The summed E-state index contributed by atoms with van der Waals surface area (Å²) in [6.07, 6.45) is 0. The van der Waals surface area contributed by atoms with Crippen molar-refractivity contribution in [3.63, 3.8) is 0 Å². The van der Waals surface area contributed by atoms with E-state index in [-0.39, 0.29) is 11.2 Å². The molecule has 0 bridgehead atoms. The number of amides is 1. The zero-order valence-corrected chi connectivity index (χ0v) is 15.4. The van der Waals surface area contributed by atoms with Crippen LogP contribution < -0.4 is 5.32 Å². The van der Waals surface area contributed by atoms with E-state index in [9.17, 15) is 4.79 Å². The molecule has 2 aromatic carbocycles. The fourth-order valence-corrected chi connectivity index (χ4v) is 3.67. The van der Waals surface area contributed by atoms with Crippen LogP contribution in [0.15, 0.2) is 53.7 Å². The van der Waals surface area contributed by atoms with Crippen molar-refractivity contribution >= 4 is 34.5 Å². The van der Waals surface area contributed by atoms with Crippen LogP contribution in [0.3, 0.4) is 0 Å². The van der Waals surface area contributed by atoms with Gasteiger partial charge in [-0.15, -0.1) is 5.10 Å². The van der Waals surface area contributed by atoms with Crippen LogP contribution in [0.5, 0.6) is 0 Å². The molecular weight excluding hydrogens is 346 g/mol. The SMILES string of the molecule is Cc1ccc(CNC(=O)[C@@H](C)Sc2n[nH]c3nc4ccccc4n23)cc1. The standard InChI is InChI=1S/C19H19N5OS/c1-12-7-9-14(10-8-12)11-20-17(25)13(2)26-19-23-22-18-21-15-5-3-4-6-16(15)24(18)19/h3-10,13H,11H2,1-2H3,(H,20,25)(H,21,22)/t13-/m1/s1. The summed E-state index contributed by atoms with van der Waals surface area (Å²) in [5.41, 5.74) is 4.17. The molecule has 2 aromatic heterocycles. The van der Waals surface area contributed by atoms with Gasteiger partial charge < -0.3 is 5.32 Å². The Balaban J connectivity index is 1.47. The molecule has 0 saturated carbocycles. The summed E-state index contributed by atoms with van der Waals surface area (Å²) in [4.78, 5) is 17.0. The number of thioether (sulfide) groups is 1. The van der Waals surface area contributed by atoms with Crippen LogP contribution in [0.4, 0.5) is 0 Å². The Bertz CT molecular complexity index is 1070. The number of nitrogens with one attached hydrogen (secondary N) is 2. The number of para-hydroxylation sites is 2. The first-order valence-corrected chi connectivity index (χ1v) is 9.31. The molecule has 0 aliphatic heterocycles. The van der Waals surface area contributed by atoms with E-state index in [1.54, 1.807) is 0 Å². The molecule has 132 valence electrons. The van der Waals surface area contributed by atoms with Crippen molar-refractivity contribution < 1.29 is 4.79 Å². The normalized spacial score (nSPS) is 12.5. The van der Waals surface area contributed by atoms with Crippen molar-refractivity contribution in [3.05, 3.63) is 59.7 Å². The second-order valence-corrected chi connectivity index (χ2v) is 7.54. The average Bonchev–Trinajstić information content (AvgIpc) is 3.20. The second-order valence-electron chi connectivity index (χ2n) is 6.23. The number of carbonyl (C=O) groups excluding carboxylic acids is 1. The van der Waals surface area contributed by atoms with Crippen molar-refractivity contribution in [1.82, 2.24) is 24.9 Å². The maximum atomic E-state index is 12.5. The number of H-pyrrole nitrogens is 1. The minimum Gasteiger partial charge on any atom is -0.351 e. The molecule has 26 heavy (non-hydrogen) atoms. The Morgan fingerprint density at radius 2 is 2.00 bits per heavy atom. The molecule has 1 atom stereocenters. The average molecular weight is 365 g/mol. The summed E-state index contributed by atoms with van der Waals surface area (Å²) >= 11 is 1.41. The minimum absolute atomic E-state index is 0.0175. The highest BCUT2D eigenvalue weighted by Crippen LogP contribution is 2.26. The molecule has 0 spiro atoms. The molecule has 2 heterocycles. The molecule has 4 aromatic rings. The second kappa shape index (κ2) is 6.84. The number of hydrogen-bond acceptors (Lipinski definition) is 4. The predicted octanol–water partition coefficient (Wildman–Crippen LogP) is 3.32. The molecule has 4 rings (SSSR count). The summed E-state index contributed by atoms with van der Waals surface area (Å²) in [5.74, 6) is 0.664. The highest BCUT2D eigenvalue weighted by molar-refractivity contribution is 8.00. The Morgan fingerprint density at radius 3 is 2.81 bits per heavy atom. The van der Waals surface area contributed by atoms with Crippen molar-refractivity contribution in [2.24, 2.45) is 0 Å². The lowest BCUT2D eigenvalue weighted by atomic mass is 10.1. The molecule has 1 amide bonds. The lowest BCUT2D eigenvalue weighted by Crippen LogP contribution is -2.30. The van der Waals surface area contributed by atoms with Gasteiger partial charge in [-0.2, -0.15) is 0 Å². The van der Waals surface area contributed by atoms with E-state index in [1.807, 2.05) is 66.8 Å². The van der Waals surface area contributed by atoms with Gasteiger partial charge >= 0.3 is 0 Å². The fraction of sp³-hybridized carbons (Fsp3) is 0.211. The fourth-order valence-electron chi connectivity index (χ4n) is 2.77. The number of rotatable bonds is 5. The first kappa shape index (κ1) is 16.7. The van der Waals surface area contributed by atoms with Crippen molar-refractivity contribution in [1.29, 1.82) is 0 Å². The topological polar surface area (TPSA) is 75.1 Å². The van der Waals surface area contributed by atoms with Gasteiger partial charge in [0.05, 0.1) is 16.3 Å². The molecule has 0 radical (unpaired) electrons. The third-order valence-corrected chi connectivity index (χ3v) is 5.29. The number of nitrogens with zero attached hydrogens (tertiary/aromatic N) is 3. The van der Waals surface area contributed by atoms with Crippen LogP contribution in [-0.2, 0) is 11.3 Å². The molecule has 0 unspecified atom stereocenters. The number of aromatic nitrogens is 4. The molecule has 0 saturated heterocycles. The smallest absolute Gasteiger partial charge is 0.233 e. The van der Waals surface area contributed by atoms with E-state index < -0.39 is 0 Å². The molecule has 6 nitrogen and oxygen atoms in total. The first-order chi connectivity index (χ1) is 12.6. The number of aromatic amines is 1. The third-order valence-electron chi connectivity index (χ3n) is 4.24. The van der Waals surface area contributed by atoms with Gasteiger partial charge in [-0.3, -0.25) is 9.20 Å².